The maximum atomic E-state index is 12.3. The summed E-state index contributed by atoms with van der Waals surface area (Å²) in [5.74, 6) is -2.32. The average Bonchev–Trinajstić information content (AvgIpc) is 2.50. The van der Waals surface area contributed by atoms with Crippen molar-refractivity contribution in [3.63, 3.8) is 0 Å². The first-order valence-electron chi connectivity index (χ1n) is 6.64. The van der Waals surface area contributed by atoms with Crippen LogP contribution >= 0.6 is 0 Å². The van der Waals surface area contributed by atoms with Gasteiger partial charge in [-0.2, -0.15) is 0 Å². The van der Waals surface area contributed by atoms with Crippen molar-refractivity contribution in [2.75, 3.05) is 0 Å². The largest absolute Gasteiger partial charge is 0.481 e. The lowest BCUT2D eigenvalue weighted by molar-refractivity contribution is -0.137. The zero-order chi connectivity index (χ0) is 16.1. The molecule has 7 heteroatoms. The van der Waals surface area contributed by atoms with E-state index in [0.717, 1.165) is 0 Å². The highest BCUT2D eigenvalue weighted by atomic mass is 16.4. The number of rotatable bonds is 6. The van der Waals surface area contributed by atoms with E-state index in [2.05, 4.69) is 10.3 Å². The Morgan fingerprint density at radius 1 is 1.23 bits per heavy atom. The van der Waals surface area contributed by atoms with Gasteiger partial charge in [-0.05, 0) is 18.6 Å². The number of nitrogens with one attached hydrogen (secondary N) is 1. The van der Waals surface area contributed by atoms with Crippen LogP contribution in [0.25, 0.3) is 10.9 Å². The lowest BCUT2D eigenvalue weighted by Crippen LogP contribution is -2.44. The molecule has 0 aliphatic heterocycles. The zero-order valence-corrected chi connectivity index (χ0v) is 11.7. The van der Waals surface area contributed by atoms with E-state index in [9.17, 15) is 14.4 Å². The molecule has 0 unspecified atom stereocenters. The molecule has 0 bridgehead atoms. The summed E-state index contributed by atoms with van der Waals surface area (Å²) in [6.07, 6.45) is 1.18. The van der Waals surface area contributed by atoms with Crippen LogP contribution in [-0.4, -0.2) is 33.9 Å². The smallest absolute Gasteiger partial charge is 0.303 e. The summed E-state index contributed by atoms with van der Waals surface area (Å²) in [5, 5.41) is 11.8. The van der Waals surface area contributed by atoms with Crippen molar-refractivity contribution < 1.29 is 19.5 Å². The van der Waals surface area contributed by atoms with Gasteiger partial charge in [0.05, 0.1) is 11.1 Å². The van der Waals surface area contributed by atoms with Crippen LogP contribution in [-0.2, 0) is 9.59 Å². The number of amides is 2. The van der Waals surface area contributed by atoms with Crippen molar-refractivity contribution >= 4 is 28.7 Å². The van der Waals surface area contributed by atoms with Gasteiger partial charge in [0.2, 0.25) is 5.91 Å². The molecular formula is C15H15N3O4. The highest BCUT2D eigenvalue weighted by Crippen LogP contribution is 2.16. The first kappa shape index (κ1) is 15.4. The van der Waals surface area contributed by atoms with Crippen LogP contribution < -0.4 is 11.1 Å². The second kappa shape index (κ2) is 6.66. The van der Waals surface area contributed by atoms with Gasteiger partial charge in [-0.25, -0.2) is 0 Å². The third kappa shape index (κ3) is 3.57. The molecule has 0 spiro atoms. The molecular weight excluding hydrogens is 286 g/mol. The fraction of sp³-hybridized carbons (Fsp3) is 0.200. The number of primary amides is 1. The normalized spacial score (nSPS) is 11.8. The van der Waals surface area contributed by atoms with E-state index < -0.39 is 23.8 Å². The van der Waals surface area contributed by atoms with Crippen LogP contribution in [0.3, 0.4) is 0 Å². The molecule has 22 heavy (non-hydrogen) atoms. The van der Waals surface area contributed by atoms with Gasteiger partial charge in [0.15, 0.2) is 0 Å². The molecule has 7 nitrogen and oxygen atoms in total. The maximum Gasteiger partial charge on any atom is 0.303 e. The summed E-state index contributed by atoms with van der Waals surface area (Å²) in [5.41, 5.74) is 6.21. The number of aromatic nitrogens is 1. The standard InChI is InChI=1S/C15H15N3O4/c16-14(21)12(5-6-13(19)20)18-15(22)10-7-8-17-11-4-2-1-3-9(10)11/h1-4,7-8,12H,5-6H2,(H2,16,21)(H,18,22)(H,19,20)/t12-/m0/s1. The average molecular weight is 301 g/mol. The fourth-order valence-electron chi connectivity index (χ4n) is 2.08. The monoisotopic (exact) mass is 301 g/mol. The third-order valence-electron chi connectivity index (χ3n) is 3.19. The summed E-state index contributed by atoms with van der Waals surface area (Å²) >= 11 is 0. The zero-order valence-electron chi connectivity index (χ0n) is 11.7. The number of pyridine rings is 1. The second-order valence-corrected chi connectivity index (χ2v) is 4.74. The van der Waals surface area contributed by atoms with Crippen molar-refractivity contribution in [2.24, 2.45) is 5.73 Å². The van der Waals surface area contributed by atoms with Crippen molar-refractivity contribution in [2.45, 2.75) is 18.9 Å². The molecule has 2 amide bonds. The molecule has 2 rings (SSSR count). The van der Waals surface area contributed by atoms with Gasteiger partial charge in [0, 0.05) is 18.0 Å². The van der Waals surface area contributed by atoms with E-state index >= 15 is 0 Å². The van der Waals surface area contributed by atoms with E-state index in [0.29, 0.717) is 16.5 Å². The molecule has 0 saturated carbocycles. The van der Waals surface area contributed by atoms with Crippen LogP contribution in [0.1, 0.15) is 23.2 Å². The number of carbonyl (C=O) groups is 3. The molecule has 2 aromatic rings. The van der Waals surface area contributed by atoms with Gasteiger partial charge in [-0.3, -0.25) is 19.4 Å². The predicted molar refractivity (Wildman–Crippen MR) is 79.1 cm³/mol. The van der Waals surface area contributed by atoms with Crippen molar-refractivity contribution in [3.05, 3.63) is 42.1 Å². The van der Waals surface area contributed by atoms with Crippen molar-refractivity contribution in [1.29, 1.82) is 0 Å². The van der Waals surface area contributed by atoms with Crippen molar-refractivity contribution in [3.8, 4) is 0 Å². The number of carboxylic acids is 1. The number of fused-ring (bicyclic) bond motifs is 1. The van der Waals surface area contributed by atoms with Crippen LogP contribution in [0.4, 0.5) is 0 Å². The van der Waals surface area contributed by atoms with E-state index in [1.807, 2.05) is 0 Å². The summed E-state index contributed by atoms with van der Waals surface area (Å²) in [7, 11) is 0. The van der Waals surface area contributed by atoms with Gasteiger partial charge in [-0.1, -0.05) is 18.2 Å². The molecule has 1 atom stereocenters. The highest BCUT2D eigenvalue weighted by Gasteiger charge is 2.21. The lowest BCUT2D eigenvalue weighted by atomic mass is 10.1. The number of nitrogens with two attached hydrogens (primary N) is 1. The molecule has 0 aliphatic rings. The number of hydrogen-bond acceptors (Lipinski definition) is 4. The van der Waals surface area contributed by atoms with E-state index in [4.69, 9.17) is 10.8 Å². The molecule has 1 heterocycles. The van der Waals surface area contributed by atoms with E-state index in [1.54, 1.807) is 24.3 Å². The molecule has 1 aromatic carbocycles. The van der Waals surface area contributed by atoms with Crippen LogP contribution in [0.15, 0.2) is 36.5 Å². The topological polar surface area (TPSA) is 122 Å². The fourth-order valence-corrected chi connectivity index (χ4v) is 2.08. The van der Waals surface area contributed by atoms with Crippen LogP contribution in [0.5, 0.6) is 0 Å². The Kier molecular flexibility index (Phi) is 4.67. The molecule has 0 saturated heterocycles. The van der Waals surface area contributed by atoms with Gasteiger partial charge < -0.3 is 16.2 Å². The highest BCUT2D eigenvalue weighted by molar-refractivity contribution is 6.07. The summed E-state index contributed by atoms with van der Waals surface area (Å²) in [4.78, 5) is 38.4. The Balaban J connectivity index is 2.22. The van der Waals surface area contributed by atoms with Gasteiger partial charge in [0.25, 0.3) is 5.91 Å². The Bertz CT molecular complexity index is 724. The van der Waals surface area contributed by atoms with Gasteiger partial charge in [-0.15, -0.1) is 0 Å². The number of hydrogen-bond donors (Lipinski definition) is 3. The quantitative estimate of drug-likeness (QED) is 0.724. The molecule has 4 N–H and O–H groups in total. The Labute approximate surface area is 126 Å². The number of carbonyl (C=O) groups excluding carboxylic acids is 2. The number of benzene rings is 1. The molecule has 0 radical (unpaired) electrons. The number of para-hydroxylation sites is 1. The first-order valence-corrected chi connectivity index (χ1v) is 6.64. The van der Waals surface area contributed by atoms with E-state index in [1.165, 1.54) is 12.3 Å². The minimum atomic E-state index is -1.06. The van der Waals surface area contributed by atoms with Crippen LogP contribution in [0.2, 0.25) is 0 Å². The Hall–Kier alpha value is -2.96. The predicted octanol–water partition coefficient (Wildman–Crippen LogP) is 0.683. The molecule has 114 valence electrons. The minimum Gasteiger partial charge on any atom is -0.481 e. The number of aliphatic carboxylic acids is 1. The Morgan fingerprint density at radius 2 is 1.95 bits per heavy atom. The molecule has 0 aliphatic carbocycles. The SMILES string of the molecule is NC(=O)[C@H](CCC(=O)O)NC(=O)c1ccnc2ccccc12. The minimum absolute atomic E-state index is 0.0561. The summed E-state index contributed by atoms with van der Waals surface area (Å²) in [6.45, 7) is 0. The van der Waals surface area contributed by atoms with Gasteiger partial charge >= 0.3 is 5.97 Å². The van der Waals surface area contributed by atoms with E-state index in [-0.39, 0.29) is 12.8 Å². The number of nitrogens with zero attached hydrogens (tertiary/aromatic N) is 1. The summed E-state index contributed by atoms with van der Waals surface area (Å²) in [6, 6.07) is 7.59. The lowest BCUT2D eigenvalue weighted by Gasteiger charge is -2.15. The third-order valence-corrected chi connectivity index (χ3v) is 3.19. The maximum absolute atomic E-state index is 12.3. The van der Waals surface area contributed by atoms with Gasteiger partial charge in [0.1, 0.15) is 6.04 Å². The number of carboxylic acid groups (broad SMARTS) is 1. The molecule has 1 aromatic heterocycles. The first-order chi connectivity index (χ1) is 10.5. The second-order valence-electron chi connectivity index (χ2n) is 4.74. The Morgan fingerprint density at radius 3 is 2.64 bits per heavy atom. The van der Waals surface area contributed by atoms with Crippen molar-refractivity contribution in [1.82, 2.24) is 10.3 Å². The molecule has 0 fully saturated rings. The summed E-state index contributed by atoms with van der Waals surface area (Å²) < 4.78 is 0. The van der Waals surface area contributed by atoms with Crippen LogP contribution in [0, 0.1) is 0 Å².